The van der Waals surface area contributed by atoms with Crippen LogP contribution in [0.15, 0.2) is 95.5 Å². The molecule has 6 nitrogen and oxygen atoms in total. The lowest BCUT2D eigenvalue weighted by Crippen LogP contribution is -2.17. The van der Waals surface area contributed by atoms with E-state index in [0.29, 0.717) is 17.5 Å². The Bertz CT molecular complexity index is 1720. The smallest absolute Gasteiger partial charge is 0.222 e. The van der Waals surface area contributed by atoms with Gasteiger partial charge in [-0.05, 0) is 67.1 Å². The number of nitriles is 1. The number of imidazole rings is 2. The molecule has 0 amide bonds. The summed E-state index contributed by atoms with van der Waals surface area (Å²) in [6, 6.07) is 32.0. The van der Waals surface area contributed by atoms with Crippen molar-refractivity contribution < 1.29 is 0 Å². The number of nitrogens with zero attached hydrogens (tertiary/aromatic N) is 5. The number of nitrogens with one attached hydrogen (secondary N) is 1. The highest BCUT2D eigenvalue weighted by Crippen LogP contribution is 2.38. The van der Waals surface area contributed by atoms with Gasteiger partial charge >= 0.3 is 0 Å². The molecule has 0 spiro atoms. The summed E-state index contributed by atoms with van der Waals surface area (Å²) >= 11 is 3.62. The van der Waals surface area contributed by atoms with Crippen LogP contribution in [0.3, 0.4) is 0 Å². The normalized spacial score (nSPS) is 11.1. The van der Waals surface area contributed by atoms with Crippen LogP contribution in [-0.2, 0) is 0 Å². The van der Waals surface area contributed by atoms with Gasteiger partial charge in [-0.3, -0.25) is 4.57 Å². The lowest BCUT2D eigenvalue weighted by molar-refractivity contribution is 0.998. The maximum atomic E-state index is 9.60. The summed E-state index contributed by atoms with van der Waals surface area (Å²) in [7, 11) is 0. The number of H-pyrrole nitrogens is 1. The molecule has 7 heteroatoms. The number of rotatable bonds is 4. The summed E-state index contributed by atoms with van der Waals surface area (Å²) < 4.78 is 3.04. The van der Waals surface area contributed by atoms with E-state index in [1.165, 1.54) is 0 Å². The second kappa shape index (κ2) is 8.42. The fraction of sp³-hybridized carbons (Fsp3) is 0.0357. The molecule has 0 aliphatic carbocycles. The van der Waals surface area contributed by atoms with Gasteiger partial charge in [-0.25, -0.2) is 14.9 Å². The Kier molecular flexibility index (Phi) is 5.09. The van der Waals surface area contributed by atoms with E-state index in [1.807, 2.05) is 103 Å². The standard InChI is InChI=1S/C28H19BrN6/c1-18-13-14-19(17-30)15-26(18)35-25-12-5-4-11-24(25)33-28(35)34(21-8-6-7-20(29)16-21)27-31-22-9-2-3-10-23(22)32-27/h2-16H,1H3,(H,31,32). The molecule has 6 aromatic rings. The van der Waals surface area contributed by atoms with E-state index in [2.05, 4.69) is 31.6 Å². The molecule has 1 N–H and O–H groups in total. The van der Waals surface area contributed by atoms with Crippen molar-refractivity contribution in [1.29, 1.82) is 5.26 Å². The number of fused-ring (bicyclic) bond motifs is 2. The van der Waals surface area contributed by atoms with Crippen LogP contribution in [0.4, 0.5) is 17.6 Å². The zero-order valence-corrected chi connectivity index (χ0v) is 20.4. The second-order valence-corrected chi connectivity index (χ2v) is 9.16. The summed E-state index contributed by atoms with van der Waals surface area (Å²) in [5.74, 6) is 1.32. The number of para-hydroxylation sites is 4. The summed E-state index contributed by atoms with van der Waals surface area (Å²) in [4.78, 5) is 15.5. The third-order valence-electron chi connectivity index (χ3n) is 5.98. The lowest BCUT2D eigenvalue weighted by Gasteiger charge is -2.23. The molecule has 0 saturated carbocycles. The van der Waals surface area contributed by atoms with Gasteiger partial charge < -0.3 is 4.98 Å². The van der Waals surface area contributed by atoms with E-state index in [4.69, 9.17) is 9.97 Å². The van der Waals surface area contributed by atoms with Crippen molar-refractivity contribution in [2.45, 2.75) is 6.92 Å². The van der Waals surface area contributed by atoms with Crippen molar-refractivity contribution >= 4 is 55.6 Å². The van der Waals surface area contributed by atoms with Gasteiger partial charge in [0.15, 0.2) is 0 Å². The van der Waals surface area contributed by atoms with E-state index in [0.717, 1.165) is 43.5 Å². The Morgan fingerprint density at radius 2 is 1.69 bits per heavy atom. The molecule has 0 radical (unpaired) electrons. The van der Waals surface area contributed by atoms with Crippen molar-refractivity contribution in [2.24, 2.45) is 0 Å². The molecule has 0 fully saturated rings. The molecule has 168 valence electrons. The highest BCUT2D eigenvalue weighted by Gasteiger charge is 2.25. The molecule has 0 atom stereocenters. The predicted octanol–water partition coefficient (Wildman–Crippen LogP) is 7.31. The average Bonchev–Trinajstić information content (AvgIpc) is 3.46. The van der Waals surface area contributed by atoms with Gasteiger partial charge in [0.25, 0.3) is 0 Å². The van der Waals surface area contributed by atoms with Gasteiger partial charge in [0.2, 0.25) is 11.9 Å². The number of anilines is 3. The summed E-state index contributed by atoms with van der Waals surface area (Å²) in [5, 5.41) is 9.60. The van der Waals surface area contributed by atoms with Crippen LogP contribution in [0.1, 0.15) is 11.1 Å². The molecule has 0 saturated heterocycles. The van der Waals surface area contributed by atoms with Crippen LogP contribution in [0.2, 0.25) is 0 Å². The van der Waals surface area contributed by atoms with Crippen molar-refractivity contribution in [1.82, 2.24) is 19.5 Å². The van der Waals surface area contributed by atoms with Gasteiger partial charge in [-0.1, -0.05) is 52.3 Å². The molecule has 4 aromatic carbocycles. The van der Waals surface area contributed by atoms with Gasteiger partial charge in [0.1, 0.15) is 0 Å². The SMILES string of the molecule is Cc1ccc(C#N)cc1-n1c(N(c2cccc(Br)c2)c2nc3ccccc3[nH]2)nc2ccccc21. The molecular weight excluding hydrogens is 500 g/mol. The van der Waals surface area contributed by atoms with Crippen LogP contribution in [0.25, 0.3) is 27.8 Å². The Morgan fingerprint density at radius 1 is 0.886 bits per heavy atom. The minimum atomic E-state index is 0.590. The van der Waals surface area contributed by atoms with E-state index < -0.39 is 0 Å². The van der Waals surface area contributed by atoms with Crippen LogP contribution in [-0.4, -0.2) is 19.5 Å². The minimum Gasteiger partial charge on any atom is -0.323 e. The number of hydrogen-bond donors (Lipinski definition) is 1. The molecule has 6 rings (SSSR count). The summed E-state index contributed by atoms with van der Waals surface area (Å²) in [6.45, 7) is 2.04. The zero-order chi connectivity index (χ0) is 23.9. The first kappa shape index (κ1) is 21.1. The Hall–Kier alpha value is -4.41. The Morgan fingerprint density at radius 3 is 2.49 bits per heavy atom. The van der Waals surface area contributed by atoms with E-state index >= 15 is 0 Å². The van der Waals surface area contributed by atoms with Gasteiger partial charge in [0.05, 0.1) is 45.1 Å². The fourth-order valence-electron chi connectivity index (χ4n) is 4.31. The molecule has 2 heterocycles. The van der Waals surface area contributed by atoms with Crippen molar-refractivity contribution in [3.05, 3.63) is 107 Å². The number of halogens is 1. The highest BCUT2D eigenvalue weighted by molar-refractivity contribution is 9.10. The topological polar surface area (TPSA) is 73.5 Å². The van der Waals surface area contributed by atoms with Crippen molar-refractivity contribution in [2.75, 3.05) is 4.90 Å². The predicted molar refractivity (Wildman–Crippen MR) is 143 cm³/mol. The van der Waals surface area contributed by atoms with Crippen LogP contribution >= 0.6 is 15.9 Å². The number of aromatic nitrogens is 4. The van der Waals surface area contributed by atoms with Crippen LogP contribution < -0.4 is 4.90 Å². The monoisotopic (exact) mass is 518 g/mol. The number of benzene rings is 4. The third kappa shape index (κ3) is 3.65. The maximum absolute atomic E-state index is 9.60. The number of hydrogen-bond acceptors (Lipinski definition) is 4. The fourth-order valence-corrected chi connectivity index (χ4v) is 4.70. The zero-order valence-electron chi connectivity index (χ0n) is 18.8. The number of aromatic amines is 1. The lowest BCUT2D eigenvalue weighted by atomic mass is 10.1. The van der Waals surface area contributed by atoms with Crippen LogP contribution in [0.5, 0.6) is 0 Å². The summed E-state index contributed by atoms with van der Waals surface area (Å²) in [5.41, 5.74) is 7.00. The molecule has 0 aliphatic heterocycles. The summed E-state index contributed by atoms with van der Waals surface area (Å²) in [6.07, 6.45) is 0. The van der Waals surface area contributed by atoms with Crippen molar-refractivity contribution in [3.63, 3.8) is 0 Å². The minimum absolute atomic E-state index is 0.590. The molecular formula is C28H19BrN6. The molecule has 0 bridgehead atoms. The van der Waals surface area contributed by atoms with Gasteiger partial charge in [-0.15, -0.1) is 0 Å². The largest absolute Gasteiger partial charge is 0.323 e. The molecule has 0 unspecified atom stereocenters. The first-order valence-corrected chi connectivity index (χ1v) is 11.9. The van der Waals surface area contributed by atoms with Crippen LogP contribution in [0, 0.1) is 18.3 Å². The van der Waals surface area contributed by atoms with Gasteiger partial charge in [0, 0.05) is 4.47 Å². The first-order chi connectivity index (χ1) is 17.1. The quantitative estimate of drug-likeness (QED) is 0.265. The first-order valence-electron chi connectivity index (χ1n) is 11.1. The van der Waals surface area contributed by atoms with Gasteiger partial charge in [-0.2, -0.15) is 5.26 Å². The molecule has 0 aliphatic rings. The molecule has 2 aromatic heterocycles. The Balaban J connectivity index is 1.70. The second-order valence-electron chi connectivity index (χ2n) is 8.24. The van der Waals surface area contributed by atoms with E-state index in [1.54, 1.807) is 0 Å². The van der Waals surface area contributed by atoms with E-state index in [-0.39, 0.29) is 0 Å². The highest BCUT2D eigenvalue weighted by atomic mass is 79.9. The van der Waals surface area contributed by atoms with E-state index in [9.17, 15) is 5.26 Å². The Labute approximate surface area is 210 Å². The maximum Gasteiger partial charge on any atom is 0.222 e. The number of aryl methyl sites for hydroxylation is 1. The van der Waals surface area contributed by atoms with Crippen molar-refractivity contribution in [3.8, 4) is 11.8 Å². The molecule has 35 heavy (non-hydrogen) atoms. The third-order valence-corrected chi connectivity index (χ3v) is 6.47. The average molecular weight is 519 g/mol.